The second-order valence-corrected chi connectivity index (χ2v) is 13.0. The first-order valence-electron chi connectivity index (χ1n) is 9.98. The topological polar surface area (TPSA) is 130 Å². The van der Waals surface area contributed by atoms with Crippen LogP contribution in [0.25, 0.3) is 0 Å². The maximum atomic E-state index is 12.6. The number of halogens is 1. The summed E-state index contributed by atoms with van der Waals surface area (Å²) in [6.07, 6.45) is 3.59. The number of hydrogen-bond acceptors (Lipinski definition) is 7. The Morgan fingerprint density at radius 3 is 2.23 bits per heavy atom. The van der Waals surface area contributed by atoms with E-state index in [1.54, 1.807) is 0 Å². The molecule has 0 bridgehead atoms. The third-order valence-electron chi connectivity index (χ3n) is 5.23. The van der Waals surface area contributed by atoms with Crippen molar-refractivity contribution in [1.82, 2.24) is 10.2 Å². The molecule has 0 spiro atoms. The zero-order valence-electron chi connectivity index (χ0n) is 16.7. The van der Waals surface area contributed by atoms with Crippen LogP contribution in [0.1, 0.15) is 42.6 Å². The molecule has 0 atom stereocenters. The third-order valence-corrected chi connectivity index (χ3v) is 8.92. The van der Waals surface area contributed by atoms with Gasteiger partial charge in [0.25, 0.3) is 0 Å². The van der Waals surface area contributed by atoms with Gasteiger partial charge in [0, 0.05) is 0 Å². The molecule has 0 saturated heterocycles. The average Bonchev–Trinajstić information content (AvgIpc) is 3.60. The van der Waals surface area contributed by atoms with E-state index in [0.29, 0.717) is 5.56 Å². The number of H-pyrrole nitrogens is 1. The smallest absolute Gasteiger partial charge is 0.173 e. The number of nitrogens with zero attached hydrogens (tertiary/aromatic N) is 2. The van der Waals surface area contributed by atoms with Gasteiger partial charge in [-0.3, -0.25) is 5.10 Å². The van der Waals surface area contributed by atoms with Crippen LogP contribution < -0.4 is 4.74 Å². The number of ether oxygens (including phenoxy) is 1. The molecule has 0 aliphatic heterocycles. The number of aromatic nitrogens is 2. The first-order valence-corrected chi connectivity index (χ1v) is 14.0. The lowest BCUT2D eigenvalue weighted by molar-refractivity contribution is 0.473. The molecule has 31 heavy (non-hydrogen) atoms. The Bertz CT molecular complexity index is 1180. The fourth-order valence-electron chi connectivity index (χ4n) is 3.32. The van der Waals surface area contributed by atoms with Gasteiger partial charge in [0.2, 0.25) is 0 Å². The van der Waals surface area contributed by atoms with E-state index in [0.717, 1.165) is 25.7 Å². The molecule has 0 unspecified atom stereocenters. The van der Waals surface area contributed by atoms with Crippen LogP contribution in [0.3, 0.4) is 0 Å². The van der Waals surface area contributed by atoms with Crippen molar-refractivity contribution >= 4 is 31.3 Å². The Labute approximate surface area is 186 Å². The molecule has 1 N–H and O–H groups in total. The summed E-state index contributed by atoms with van der Waals surface area (Å²) in [7, 11) is -6.86. The van der Waals surface area contributed by atoms with E-state index in [4.69, 9.17) is 21.6 Å². The normalized spacial score (nSPS) is 16.8. The lowest BCUT2D eigenvalue weighted by Gasteiger charge is -2.11. The molecule has 0 amide bonds. The highest BCUT2D eigenvalue weighted by Crippen LogP contribution is 2.37. The number of nitriles is 1. The molecule has 2 fully saturated rings. The highest BCUT2D eigenvalue weighted by atomic mass is 35.5. The van der Waals surface area contributed by atoms with Gasteiger partial charge in [0.1, 0.15) is 11.4 Å². The molecule has 11 heteroatoms. The van der Waals surface area contributed by atoms with E-state index >= 15 is 0 Å². The molecule has 1 heterocycles. The predicted molar refractivity (Wildman–Crippen MR) is 115 cm³/mol. The van der Waals surface area contributed by atoms with Gasteiger partial charge in [-0.2, -0.15) is 10.4 Å². The summed E-state index contributed by atoms with van der Waals surface area (Å²) in [6, 6.07) is 6.38. The average molecular weight is 484 g/mol. The van der Waals surface area contributed by atoms with Crippen LogP contribution in [0, 0.1) is 23.2 Å². The van der Waals surface area contributed by atoms with E-state index in [-0.39, 0.29) is 62.8 Å². The van der Waals surface area contributed by atoms with Gasteiger partial charge < -0.3 is 4.74 Å². The quantitative estimate of drug-likeness (QED) is 0.548. The molecule has 8 nitrogen and oxygen atoms in total. The van der Waals surface area contributed by atoms with E-state index < -0.39 is 19.7 Å². The number of rotatable bonds is 10. The summed E-state index contributed by atoms with van der Waals surface area (Å²) in [6.45, 7) is 0. The second kappa shape index (κ2) is 8.45. The van der Waals surface area contributed by atoms with Gasteiger partial charge in [-0.15, -0.1) is 0 Å². The summed E-state index contributed by atoms with van der Waals surface area (Å²) >= 11 is 6.21. The van der Waals surface area contributed by atoms with Crippen molar-refractivity contribution in [3.63, 3.8) is 0 Å². The number of benzene rings is 1. The summed E-state index contributed by atoms with van der Waals surface area (Å²) < 4.78 is 56.1. The summed E-state index contributed by atoms with van der Waals surface area (Å²) in [5.74, 6) is 0.0799. The largest absolute Gasteiger partial charge is 0.452 e. The van der Waals surface area contributed by atoms with Crippen molar-refractivity contribution < 1.29 is 21.6 Å². The first-order chi connectivity index (χ1) is 14.6. The molecule has 2 aliphatic carbocycles. The SMILES string of the molecule is N#Cc1ccc(Oc2c(CS(=O)(=O)CC3CC3)n[nH]c2CS(=O)(=O)CC2CC2)c(Cl)c1. The van der Waals surface area contributed by atoms with Gasteiger partial charge in [0.05, 0.1) is 45.4 Å². The number of aromatic amines is 1. The van der Waals surface area contributed by atoms with Crippen LogP contribution in [-0.2, 0) is 31.2 Å². The number of hydrogen-bond donors (Lipinski definition) is 1. The minimum Gasteiger partial charge on any atom is -0.452 e. The maximum absolute atomic E-state index is 12.6. The molecule has 4 rings (SSSR count). The van der Waals surface area contributed by atoms with Crippen LogP contribution in [0.15, 0.2) is 18.2 Å². The van der Waals surface area contributed by atoms with Crippen LogP contribution in [-0.4, -0.2) is 38.5 Å². The summed E-state index contributed by atoms with van der Waals surface area (Å²) in [4.78, 5) is 0. The van der Waals surface area contributed by atoms with Crippen molar-refractivity contribution in [2.45, 2.75) is 37.2 Å². The van der Waals surface area contributed by atoms with Gasteiger partial charge >= 0.3 is 0 Å². The van der Waals surface area contributed by atoms with Crippen LogP contribution in [0.4, 0.5) is 0 Å². The highest BCUT2D eigenvalue weighted by Gasteiger charge is 2.32. The molecule has 2 aliphatic rings. The minimum absolute atomic E-state index is 0.0605. The Morgan fingerprint density at radius 1 is 1.06 bits per heavy atom. The Hall–Kier alpha value is -2.09. The summed E-state index contributed by atoms with van der Waals surface area (Å²) in [5.41, 5.74) is 0.652. The molecule has 1 aromatic carbocycles. The minimum atomic E-state index is -3.43. The molecular formula is C20H22ClN3O5S2. The molecule has 166 valence electrons. The van der Waals surface area contributed by atoms with E-state index in [2.05, 4.69) is 10.2 Å². The van der Waals surface area contributed by atoms with Crippen LogP contribution >= 0.6 is 11.6 Å². The fraction of sp³-hybridized carbons (Fsp3) is 0.500. The maximum Gasteiger partial charge on any atom is 0.173 e. The Morgan fingerprint density at radius 2 is 1.68 bits per heavy atom. The fourth-order valence-corrected chi connectivity index (χ4v) is 7.13. The number of sulfone groups is 2. The zero-order valence-corrected chi connectivity index (χ0v) is 19.1. The zero-order chi connectivity index (χ0) is 22.2. The van der Waals surface area contributed by atoms with Crippen molar-refractivity contribution in [2.75, 3.05) is 11.5 Å². The predicted octanol–water partition coefficient (Wildman–Crippen LogP) is 3.38. The Balaban J connectivity index is 1.64. The second-order valence-electron chi connectivity index (χ2n) is 8.33. The monoisotopic (exact) mass is 483 g/mol. The summed E-state index contributed by atoms with van der Waals surface area (Å²) in [5, 5.41) is 15.9. The van der Waals surface area contributed by atoms with Gasteiger partial charge in [0.15, 0.2) is 25.4 Å². The van der Waals surface area contributed by atoms with Gasteiger partial charge in [-0.1, -0.05) is 11.6 Å². The number of nitrogens with one attached hydrogen (secondary N) is 1. The lowest BCUT2D eigenvalue weighted by atomic mass is 10.2. The van der Waals surface area contributed by atoms with Crippen molar-refractivity contribution in [3.05, 3.63) is 40.2 Å². The molecule has 0 radical (unpaired) electrons. The van der Waals surface area contributed by atoms with Crippen LogP contribution in [0.2, 0.25) is 5.02 Å². The first kappa shape index (κ1) is 22.1. The Kier molecular flexibility index (Phi) is 6.03. The van der Waals surface area contributed by atoms with Crippen molar-refractivity contribution in [2.24, 2.45) is 11.8 Å². The van der Waals surface area contributed by atoms with E-state index in [1.165, 1.54) is 18.2 Å². The molecule has 2 aromatic rings. The molecule has 1 aromatic heterocycles. The van der Waals surface area contributed by atoms with Crippen molar-refractivity contribution in [1.29, 1.82) is 5.26 Å². The molecule has 2 saturated carbocycles. The van der Waals surface area contributed by atoms with Crippen LogP contribution in [0.5, 0.6) is 11.5 Å². The highest BCUT2D eigenvalue weighted by molar-refractivity contribution is 7.90. The lowest BCUT2D eigenvalue weighted by Crippen LogP contribution is -2.12. The third kappa shape index (κ3) is 5.99. The van der Waals surface area contributed by atoms with Gasteiger partial charge in [-0.05, 0) is 55.7 Å². The standard InChI is InChI=1S/C20H22ClN3O5S2/c21-16-7-15(8-22)5-6-19(16)29-20-17(11-30(25,26)9-13-1-2-13)23-24-18(20)12-31(27,28)10-14-3-4-14/h5-7,13-14H,1-4,9-12H2,(H,23,24). The molecular weight excluding hydrogens is 462 g/mol. The van der Waals surface area contributed by atoms with Crippen molar-refractivity contribution in [3.8, 4) is 17.6 Å². The van der Waals surface area contributed by atoms with E-state index in [9.17, 15) is 16.8 Å². The van der Waals surface area contributed by atoms with Gasteiger partial charge in [-0.25, -0.2) is 16.8 Å². The van der Waals surface area contributed by atoms with E-state index in [1.807, 2.05) is 6.07 Å².